The Bertz CT molecular complexity index is 1410. The van der Waals surface area contributed by atoms with Gasteiger partial charge in [0.2, 0.25) is 0 Å². The Balaban J connectivity index is 1.69. The average molecular weight is 681 g/mol. The van der Waals surface area contributed by atoms with E-state index in [1.54, 1.807) is 47.9 Å². The van der Waals surface area contributed by atoms with Crippen molar-refractivity contribution in [1.29, 1.82) is 0 Å². The fourth-order valence-electron chi connectivity index (χ4n) is 4.58. The number of carbonyl (C=O) groups excluding carboxylic acids is 1. The molecule has 0 saturated carbocycles. The SMILES string of the molecule is COc1cc(C=Nc2sc3c(c2C(=O)Nc2ccc(Cl)cc2)CC[C@@H](C(C)(C)C)C3)cc(I)c1OCC(=O)O. The zero-order valence-electron chi connectivity index (χ0n) is 22.1. The van der Waals surface area contributed by atoms with Crippen molar-refractivity contribution < 1.29 is 24.2 Å². The highest BCUT2D eigenvalue weighted by atomic mass is 127. The number of methoxy groups -OCH3 is 1. The highest BCUT2D eigenvalue weighted by Gasteiger charge is 2.33. The molecule has 1 aromatic heterocycles. The van der Waals surface area contributed by atoms with Gasteiger partial charge in [0, 0.05) is 21.8 Å². The van der Waals surface area contributed by atoms with E-state index in [4.69, 9.17) is 31.2 Å². The molecule has 2 N–H and O–H groups in total. The van der Waals surface area contributed by atoms with Crippen LogP contribution in [0.25, 0.3) is 0 Å². The summed E-state index contributed by atoms with van der Waals surface area (Å²) in [6.07, 6.45) is 4.46. The predicted octanol–water partition coefficient (Wildman–Crippen LogP) is 7.63. The molecule has 3 aromatic rings. The number of hydrogen-bond donors (Lipinski definition) is 2. The maximum atomic E-state index is 13.6. The largest absolute Gasteiger partial charge is 0.493 e. The number of carbonyl (C=O) groups is 2. The Morgan fingerprint density at radius 3 is 2.62 bits per heavy atom. The third-order valence-corrected chi connectivity index (χ3v) is 8.94. The lowest BCUT2D eigenvalue weighted by molar-refractivity contribution is -0.139. The van der Waals surface area contributed by atoms with E-state index in [0.29, 0.717) is 42.3 Å². The van der Waals surface area contributed by atoms with Crippen LogP contribution in [0, 0.1) is 14.9 Å². The van der Waals surface area contributed by atoms with E-state index in [-0.39, 0.29) is 11.3 Å². The van der Waals surface area contributed by atoms with Crippen LogP contribution in [0.3, 0.4) is 0 Å². The molecule has 4 rings (SSSR count). The summed E-state index contributed by atoms with van der Waals surface area (Å²) in [5.74, 6) is 0.0279. The molecular formula is C29H30ClIN2O5S. The summed E-state index contributed by atoms with van der Waals surface area (Å²) in [5, 5.41) is 13.2. The van der Waals surface area contributed by atoms with Crippen molar-refractivity contribution in [2.24, 2.45) is 16.3 Å². The molecule has 0 saturated heterocycles. The Hall–Kier alpha value is -2.63. The van der Waals surface area contributed by atoms with E-state index in [1.165, 1.54) is 12.0 Å². The number of ether oxygens (including phenoxy) is 2. The fraction of sp³-hybridized carbons (Fsp3) is 0.345. The average Bonchev–Trinajstić information content (AvgIpc) is 3.25. The third-order valence-electron chi connectivity index (χ3n) is 6.72. The smallest absolute Gasteiger partial charge is 0.341 e. The van der Waals surface area contributed by atoms with Crippen LogP contribution in [0.2, 0.25) is 5.02 Å². The number of hydrogen-bond acceptors (Lipinski definition) is 6. The molecule has 1 heterocycles. The first kappa shape index (κ1) is 29.4. The molecule has 1 amide bonds. The molecule has 1 aliphatic rings. The highest BCUT2D eigenvalue weighted by molar-refractivity contribution is 14.1. The Morgan fingerprint density at radius 1 is 1.26 bits per heavy atom. The maximum absolute atomic E-state index is 13.6. The summed E-state index contributed by atoms with van der Waals surface area (Å²) >= 11 is 9.66. The zero-order chi connectivity index (χ0) is 28.3. The van der Waals surface area contributed by atoms with Crippen LogP contribution < -0.4 is 14.8 Å². The van der Waals surface area contributed by atoms with Crippen LogP contribution in [0.1, 0.15) is 53.6 Å². The lowest BCUT2D eigenvalue weighted by Gasteiger charge is -2.33. The number of aliphatic carboxylic acids is 1. The molecule has 1 atom stereocenters. The number of halogens is 2. The van der Waals surface area contributed by atoms with Crippen molar-refractivity contribution >= 4 is 74.3 Å². The quantitative estimate of drug-likeness (QED) is 0.188. The van der Waals surface area contributed by atoms with Crippen LogP contribution >= 0.6 is 45.5 Å². The summed E-state index contributed by atoms with van der Waals surface area (Å²) in [4.78, 5) is 30.5. The number of thiophene rings is 1. The first-order chi connectivity index (χ1) is 18.5. The van der Waals surface area contributed by atoms with Gasteiger partial charge in [0.1, 0.15) is 5.00 Å². The van der Waals surface area contributed by atoms with Crippen molar-refractivity contribution in [2.45, 2.75) is 40.0 Å². The number of fused-ring (bicyclic) bond motifs is 1. The van der Waals surface area contributed by atoms with Gasteiger partial charge >= 0.3 is 5.97 Å². The topological polar surface area (TPSA) is 97.2 Å². The minimum Gasteiger partial charge on any atom is -0.493 e. The molecule has 0 bridgehead atoms. The first-order valence-electron chi connectivity index (χ1n) is 12.4. The van der Waals surface area contributed by atoms with Crippen molar-refractivity contribution in [1.82, 2.24) is 0 Å². The standard InChI is InChI=1S/C29H30ClIN2O5S/c1-29(2,3)17-5-10-20-23(13-17)39-28(25(20)27(36)33-19-8-6-18(30)7-9-19)32-14-16-11-21(31)26(22(12-16)37-4)38-15-24(34)35/h6-9,11-12,14,17H,5,10,13,15H2,1-4H3,(H,33,36)(H,34,35)/t17-/m1/s1. The van der Waals surface area contributed by atoms with E-state index < -0.39 is 12.6 Å². The van der Waals surface area contributed by atoms with E-state index in [9.17, 15) is 9.59 Å². The van der Waals surface area contributed by atoms with Crippen LogP contribution in [-0.2, 0) is 17.6 Å². The number of anilines is 1. The molecule has 2 aromatic carbocycles. The second-order valence-electron chi connectivity index (χ2n) is 10.4. The van der Waals surface area contributed by atoms with E-state index in [2.05, 4.69) is 48.7 Å². The van der Waals surface area contributed by atoms with Gasteiger partial charge in [-0.05, 0) is 101 Å². The number of rotatable bonds is 8. The van der Waals surface area contributed by atoms with Crippen molar-refractivity contribution in [3.63, 3.8) is 0 Å². The highest BCUT2D eigenvalue weighted by Crippen LogP contribution is 2.45. The van der Waals surface area contributed by atoms with Gasteiger partial charge in [0.05, 0.1) is 16.2 Å². The maximum Gasteiger partial charge on any atom is 0.341 e. The Morgan fingerprint density at radius 2 is 1.97 bits per heavy atom. The lowest BCUT2D eigenvalue weighted by atomic mass is 9.72. The second-order valence-corrected chi connectivity index (χ2v) is 13.1. The van der Waals surface area contributed by atoms with Crippen molar-refractivity contribution in [3.05, 3.63) is 66.6 Å². The van der Waals surface area contributed by atoms with Gasteiger partial charge in [-0.1, -0.05) is 32.4 Å². The molecular weight excluding hydrogens is 651 g/mol. The van der Waals surface area contributed by atoms with Gasteiger partial charge in [-0.25, -0.2) is 9.79 Å². The van der Waals surface area contributed by atoms with Gasteiger partial charge in [-0.3, -0.25) is 4.79 Å². The zero-order valence-corrected chi connectivity index (χ0v) is 25.9. The van der Waals surface area contributed by atoms with E-state index >= 15 is 0 Å². The Kier molecular flexibility index (Phi) is 9.23. The normalized spacial score (nSPS) is 15.2. The number of carboxylic acid groups (broad SMARTS) is 1. The minimum atomic E-state index is -1.07. The number of benzene rings is 2. The first-order valence-corrected chi connectivity index (χ1v) is 14.7. The summed E-state index contributed by atoms with van der Waals surface area (Å²) in [6.45, 7) is 6.33. The van der Waals surface area contributed by atoms with Gasteiger partial charge < -0.3 is 19.9 Å². The van der Waals surface area contributed by atoms with Gasteiger partial charge in [0.25, 0.3) is 5.91 Å². The fourth-order valence-corrected chi connectivity index (χ4v) is 6.76. The van der Waals surface area contributed by atoms with Crippen molar-refractivity contribution in [2.75, 3.05) is 19.0 Å². The van der Waals surface area contributed by atoms with Gasteiger partial charge in [0.15, 0.2) is 18.1 Å². The summed E-state index contributed by atoms with van der Waals surface area (Å²) in [5.41, 5.74) is 3.26. The lowest BCUT2D eigenvalue weighted by Crippen LogP contribution is -2.27. The molecule has 1 aliphatic carbocycles. The minimum absolute atomic E-state index is 0.175. The number of carboxylic acids is 1. The van der Waals surface area contributed by atoms with Gasteiger partial charge in [-0.2, -0.15) is 0 Å². The predicted molar refractivity (Wildman–Crippen MR) is 165 cm³/mol. The molecule has 7 nitrogen and oxygen atoms in total. The molecule has 10 heteroatoms. The number of nitrogens with one attached hydrogen (secondary N) is 1. The third kappa shape index (κ3) is 7.12. The summed E-state index contributed by atoms with van der Waals surface area (Å²) in [7, 11) is 1.50. The second kappa shape index (κ2) is 12.3. The molecule has 0 spiro atoms. The molecule has 0 aliphatic heterocycles. The van der Waals surface area contributed by atoms with Crippen molar-refractivity contribution in [3.8, 4) is 11.5 Å². The van der Waals surface area contributed by atoms with E-state index in [1.807, 2.05) is 6.07 Å². The molecule has 0 fully saturated rings. The molecule has 0 radical (unpaired) electrons. The molecule has 39 heavy (non-hydrogen) atoms. The monoisotopic (exact) mass is 680 g/mol. The molecule has 206 valence electrons. The Labute approximate surface area is 250 Å². The summed E-state index contributed by atoms with van der Waals surface area (Å²) < 4.78 is 11.5. The van der Waals surface area contributed by atoms with Crippen LogP contribution in [0.15, 0.2) is 41.4 Å². The number of amides is 1. The van der Waals surface area contributed by atoms with E-state index in [0.717, 1.165) is 30.4 Å². The van der Waals surface area contributed by atoms with Gasteiger partial charge in [-0.15, -0.1) is 11.3 Å². The summed E-state index contributed by atoms with van der Waals surface area (Å²) in [6, 6.07) is 10.6. The number of aliphatic imine (C=N–C) groups is 1. The van der Waals surface area contributed by atoms with Crippen LogP contribution in [0.5, 0.6) is 11.5 Å². The van der Waals surface area contributed by atoms with Crippen LogP contribution in [-0.4, -0.2) is 36.9 Å². The van der Waals surface area contributed by atoms with Crippen LogP contribution in [0.4, 0.5) is 10.7 Å². The molecule has 0 unspecified atom stereocenters. The number of nitrogens with zero attached hydrogens (tertiary/aromatic N) is 1.